The van der Waals surface area contributed by atoms with Gasteiger partial charge in [-0.2, -0.15) is 0 Å². The molecule has 0 aliphatic heterocycles. The largest absolute Gasteiger partial charge is 0.338 e. The van der Waals surface area contributed by atoms with Crippen molar-refractivity contribution in [1.82, 2.24) is 25.0 Å². The van der Waals surface area contributed by atoms with Crippen LogP contribution in [0.4, 0.5) is 0 Å². The summed E-state index contributed by atoms with van der Waals surface area (Å²) in [5, 5.41) is 8.38. The lowest BCUT2D eigenvalue weighted by molar-refractivity contribution is 0.0942. The molecule has 2 aromatic carbocycles. The van der Waals surface area contributed by atoms with E-state index in [2.05, 4.69) is 20.4 Å². The summed E-state index contributed by atoms with van der Waals surface area (Å²) in [5.74, 6) is 0.412. The van der Waals surface area contributed by atoms with E-state index in [0.29, 0.717) is 38.9 Å². The minimum atomic E-state index is -0.488. The van der Waals surface area contributed by atoms with Gasteiger partial charge in [-0.25, -0.2) is 9.97 Å². The van der Waals surface area contributed by atoms with Gasteiger partial charge in [-0.15, -0.1) is 0 Å². The quantitative estimate of drug-likeness (QED) is 0.396. The third kappa shape index (κ3) is 3.99. The number of carbonyl (C=O) groups is 1. The van der Waals surface area contributed by atoms with E-state index in [-0.39, 0.29) is 5.91 Å². The van der Waals surface area contributed by atoms with Gasteiger partial charge < -0.3 is 14.4 Å². The Morgan fingerprint density at radius 2 is 1.88 bits per heavy atom. The minimum Gasteiger partial charge on any atom is -0.338 e. The number of halogens is 1. The normalized spacial score (nSPS) is 12.1. The highest BCUT2D eigenvalue weighted by molar-refractivity contribution is 6.30. The molecule has 8 heteroatoms. The maximum atomic E-state index is 13.7. The van der Waals surface area contributed by atoms with Gasteiger partial charge in [0.15, 0.2) is 0 Å². The molecule has 0 saturated heterocycles. The van der Waals surface area contributed by atoms with E-state index in [9.17, 15) is 4.79 Å². The van der Waals surface area contributed by atoms with Crippen molar-refractivity contribution >= 4 is 28.6 Å². The lowest BCUT2D eigenvalue weighted by Crippen LogP contribution is -2.31. The second kappa shape index (κ2) is 8.52. The maximum Gasteiger partial charge on any atom is 0.259 e. The van der Waals surface area contributed by atoms with Crippen molar-refractivity contribution in [3.8, 4) is 11.3 Å². The molecule has 1 N–H and O–H groups in total. The number of nitrogens with one attached hydrogen (secondary N) is 1. The second-order valence-electron chi connectivity index (χ2n) is 7.72. The molecule has 0 aliphatic carbocycles. The molecule has 3 aromatic heterocycles. The molecule has 164 valence electrons. The topological polar surface area (TPSA) is 85.8 Å². The molecule has 0 bridgehead atoms. The van der Waals surface area contributed by atoms with Crippen LogP contribution in [0, 0.1) is 6.92 Å². The number of carbonyl (C=O) groups excluding carboxylic acids is 1. The Bertz CT molecular complexity index is 1440. The number of aromatic nitrogens is 4. The predicted molar refractivity (Wildman–Crippen MR) is 126 cm³/mol. The van der Waals surface area contributed by atoms with Gasteiger partial charge >= 0.3 is 0 Å². The number of fused-ring (bicyclic) bond motifs is 1. The van der Waals surface area contributed by atoms with Crippen molar-refractivity contribution < 1.29 is 9.32 Å². The molecular formula is C25H20ClN5O2. The summed E-state index contributed by atoms with van der Waals surface area (Å²) in [5.41, 5.74) is 3.72. The van der Waals surface area contributed by atoms with Crippen LogP contribution in [0.2, 0.25) is 5.02 Å². The highest BCUT2D eigenvalue weighted by atomic mass is 35.5. The number of amides is 1. The zero-order chi connectivity index (χ0) is 22.9. The third-order valence-corrected chi connectivity index (χ3v) is 5.78. The van der Waals surface area contributed by atoms with Crippen molar-refractivity contribution in [3.63, 3.8) is 0 Å². The van der Waals surface area contributed by atoms with E-state index in [0.717, 1.165) is 11.1 Å². The first-order valence-corrected chi connectivity index (χ1v) is 10.7. The SMILES string of the molecule is Cc1noc2nc(-c3ccccc3)cc(C(=O)NC(c3ccc(Cl)cc3)c3nccn3C)c12. The number of nitrogens with zero attached hydrogens (tertiary/aromatic N) is 4. The summed E-state index contributed by atoms with van der Waals surface area (Å²) in [6, 6.07) is 18.3. The van der Waals surface area contributed by atoms with Gasteiger partial charge in [0.05, 0.1) is 22.3 Å². The number of rotatable bonds is 5. The van der Waals surface area contributed by atoms with Crippen molar-refractivity contribution in [2.24, 2.45) is 7.05 Å². The fourth-order valence-corrected chi connectivity index (χ4v) is 3.97. The number of pyridine rings is 1. The van der Waals surface area contributed by atoms with Crippen LogP contribution in [0.3, 0.4) is 0 Å². The monoisotopic (exact) mass is 457 g/mol. The molecule has 5 aromatic rings. The summed E-state index contributed by atoms with van der Waals surface area (Å²) < 4.78 is 7.30. The van der Waals surface area contributed by atoms with Crippen LogP contribution >= 0.6 is 11.6 Å². The van der Waals surface area contributed by atoms with E-state index >= 15 is 0 Å². The van der Waals surface area contributed by atoms with E-state index < -0.39 is 6.04 Å². The second-order valence-corrected chi connectivity index (χ2v) is 8.16. The van der Waals surface area contributed by atoms with Gasteiger partial charge in [0.1, 0.15) is 11.9 Å². The van der Waals surface area contributed by atoms with Crippen LogP contribution in [-0.2, 0) is 7.05 Å². The molecule has 3 heterocycles. The highest BCUT2D eigenvalue weighted by Gasteiger charge is 2.25. The third-order valence-electron chi connectivity index (χ3n) is 5.53. The first-order valence-electron chi connectivity index (χ1n) is 10.4. The van der Waals surface area contributed by atoms with Crippen LogP contribution in [-0.4, -0.2) is 25.6 Å². The van der Waals surface area contributed by atoms with Crippen LogP contribution in [0.5, 0.6) is 0 Å². The summed E-state index contributed by atoms with van der Waals surface area (Å²) >= 11 is 6.09. The summed E-state index contributed by atoms with van der Waals surface area (Å²) in [6.07, 6.45) is 3.54. The lowest BCUT2D eigenvalue weighted by atomic mass is 10.0. The maximum absolute atomic E-state index is 13.7. The predicted octanol–water partition coefficient (Wildman–Crippen LogP) is 5.10. The van der Waals surface area contributed by atoms with Gasteiger partial charge in [0.25, 0.3) is 11.6 Å². The standard InChI is InChI=1S/C25H20ClN5O2/c1-15-21-19(14-20(28-25(21)33-30-15)16-6-4-3-5-7-16)24(32)29-22(23-27-12-13-31(23)2)17-8-10-18(26)11-9-17/h3-14,22H,1-2H3,(H,29,32). The van der Waals surface area contributed by atoms with E-state index in [1.807, 2.05) is 60.3 Å². The fraction of sp³-hybridized carbons (Fsp3) is 0.120. The number of benzene rings is 2. The van der Waals surface area contributed by atoms with Crippen molar-refractivity contribution in [3.05, 3.63) is 101 Å². The summed E-state index contributed by atoms with van der Waals surface area (Å²) in [6.45, 7) is 1.79. The van der Waals surface area contributed by atoms with Crippen LogP contribution in [0.15, 0.2) is 77.6 Å². The first kappa shape index (κ1) is 20.9. The van der Waals surface area contributed by atoms with Crippen LogP contribution < -0.4 is 5.32 Å². The molecule has 1 atom stereocenters. The zero-order valence-corrected chi connectivity index (χ0v) is 18.7. The Hall–Kier alpha value is -3.97. The minimum absolute atomic E-state index is 0.283. The average molecular weight is 458 g/mol. The Labute approximate surface area is 195 Å². The molecule has 1 unspecified atom stereocenters. The molecule has 0 radical (unpaired) electrons. The van der Waals surface area contributed by atoms with Crippen molar-refractivity contribution in [2.45, 2.75) is 13.0 Å². The molecular weight excluding hydrogens is 438 g/mol. The van der Waals surface area contributed by atoms with E-state index in [1.165, 1.54) is 0 Å². The molecule has 0 fully saturated rings. The number of imidazole rings is 1. The molecule has 33 heavy (non-hydrogen) atoms. The van der Waals surface area contributed by atoms with E-state index in [1.54, 1.807) is 31.3 Å². The molecule has 7 nitrogen and oxygen atoms in total. The zero-order valence-electron chi connectivity index (χ0n) is 18.0. The number of hydrogen-bond donors (Lipinski definition) is 1. The van der Waals surface area contributed by atoms with Gasteiger partial charge in [-0.3, -0.25) is 4.79 Å². The number of hydrogen-bond acceptors (Lipinski definition) is 5. The van der Waals surface area contributed by atoms with Crippen molar-refractivity contribution in [1.29, 1.82) is 0 Å². The smallest absolute Gasteiger partial charge is 0.259 e. The number of aryl methyl sites for hydroxylation is 2. The molecule has 1 amide bonds. The molecule has 0 aliphatic rings. The summed E-state index contributed by atoms with van der Waals surface area (Å²) in [4.78, 5) is 22.7. The Balaban J connectivity index is 1.60. The van der Waals surface area contributed by atoms with Gasteiger partial charge in [-0.1, -0.05) is 59.2 Å². The van der Waals surface area contributed by atoms with Gasteiger partial charge in [0.2, 0.25) is 0 Å². The fourth-order valence-electron chi connectivity index (χ4n) is 3.85. The molecule has 5 rings (SSSR count). The van der Waals surface area contributed by atoms with Crippen LogP contribution in [0.1, 0.15) is 33.5 Å². The Kier molecular flexibility index (Phi) is 5.40. The Morgan fingerprint density at radius 3 is 2.58 bits per heavy atom. The van der Waals surface area contributed by atoms with Crippen LogP contribution in [0.25, 0.3) is 22.4 Å². The van der Waals surface area contributed by atoms with Gasteiger partial charge in [0, 0.05) is 30.0 Å². The van der Waals surface area contributed by atoms with Gasteiger partial charge in [-0.05, 0) is 30.7 Å². The van der Waals surface area contributed by atoms with Crippen molar-refractivity contribution in [2.75, 3.05) is 0 Å². The molecule has 0 saturated carbocycles. The summed E-state index contributed by atoms with van der Waals surface area (Å²) in [7, 11) is 1.89. The Morgan fingerprint density at radius 1 is 1.12 bits per heavy atom. The first-order chi connectivity index (χ1) is 16.0. The lowest BCUT2D eigenvalue weighted by Gasteiger charge is -2.20. The van der Waals surface area contributed by atoms with E-state index in [4.69, 9.17) is 16.1 Å². The molecule has 0 spiro atoms. The average Bonchev–Trinajstić information content (AvgIpc) is 3.43. The highest BCUT2D eigenvalue weighted by Crippen LogP contribution is 2.29.